The Hall–Kier alpha value is -0.880. The predicted octanol–water partition coefficient (Wildman–Crippen LogP) is 2.12. The molecule has 102 valence electrons. The van der Waals surface area contributed by atoms with E-state index >= 15 is 0 Å². The molecule has 1 aliphatic rings. The Morgan fingerprint density at radius 3 is 2.84 bits per heavy atom. The molecule has 4 nitrogen and oxygen atoms in total. The number of carbonyl (C=O) groups is 1. The number of nitrogens with zero attached hydrogens (tertiary/aromatic N) is 1. The van der Waals surface area contributed by atoms with E-state index in [9.17, 15) is 4.79 Å². The van der Waals surface area contributed by atoms with Crippen molar-refractivity contribution >= 4 is 46.3 Å². The molecule has 1 amide bonds. The van der Waals surface area contributed by atoms with E-state index in [4.69, 9.17) is 45.9 Å². The second kappa shape index (κ2) is 6.05. The van der Waals surface area contributed by atoms with Crippen LogP contribution < -0.4 is 5.73 Å². The van der Waals surface area contributed by atoms with Crippen LogP contribution in [0, 0.1) is 0 Å². The van der Waals surface area contributed by atoms with E-state index in [1.807, 2.05) is 0 Å². The first kappa shape index (κ1) is 14.5. The van der Waals surface area contributed by atoms with Gasteiger partial charge in [0.15, 0.2) is 0 Å². The maximum atomic E-state index is 12.4. The summed E-state index contributed by atoms with van der Waals surface area (Å²) in [5, 5.41) is 0.820. The molecule has 1 fully saturated rings. The summed E-state index contributed by atoms with van der Waals surface area (Å²) >= 11 is 16.7. The topological polar surface area (TPSA) is 55.6 Å². The van der Waals surface area contributed by atoms with E-state index in [0.29, 0.717) is 35.3 Å². The summed E-state index contributed by atoms with van der Waals surface area (Å²) in [6.07, 6.45) is -0.404. The van der Waals surface area contributed by atoms with Gasteiger partial charge in [0.1, 0.15) is 11.1 Å². The van der Waals surface area contributed by atoms with Gasteiger partial charge in [-0.1, -0.05) is 35.4 Å². The summed E-state index contributed by atoms with van der Waals surface area (Å²) in [6.45, 7) is 1.23. The minimum absolute atomic E-state index is 0.175. The van der Waals surface area contributed by atoms with Gasteiger partial charge in [0.25, 0.3) is 5.91 Å². The molecule has 1 aliphatic heterocycles. The molecule has 0 aromatic heterocycles. The molecule has 0 aliphatic carbocycles. The smallest absolute Gasteiger partial charge is 0.255 e. The number of hydrogen-bond acceptors (Lipinski definition) is 3. The number of benzene rings is 1. The van der Waals surface area contributed by atoms with Gasteiger partial charge in [-0.15, -0.1) is 0 Å². The van der Waals surface area contributed by atoms with Crippen molar-refractivity contribution in [3.05, 3.63) is 33.8 Å². The highest BCUT2D eigenvalue weighted by Crippen LogP contribution is 2.23. The van der Waals surface area contributed by atoms with Gasteiger partial charge in [0.05, 0.1) is 23.7 Å². The Morgan fingerprint density at radius 1 is 1.47 bits per heavy atom. The Bertz CT molecular complexity index is 524. The van der Waals surface area contributed by atoms with E-state index in [1.54, 1.807) is 23.1 Å². The third kappa shape index (κ3) is 3.36. The van der Waals surface area contributed by atoms with Crippen LogP contribution >= 0.6 is 35.4 Å². The highest BCUT2D eigenvalue weighted by Gasteiger charge is 2.27. The lowest BCUT2D eigenvalue weighted by atomic mass is 10.1. The van der Waals surface area contributed by atoms with E-state index in [2.05, 4.69) is 0 Å². The molecular formula is C12H12Cl2N2O2S. The molecule has 0 bridgehead atoms. The van der Waals surface area contributed by atoms with Gasteiger partial charge in [-0.3, -0.25) is 4.79 Å². The largest absolute Gasteiger partial charge is 0.391 e. The van der Waals surface area contributed by atoms with Crippen LogP contribution in [0.5, 0.6) is 0 Å². The predicted molar refractivity (Wildman–Crippen MR) is 78.9 cm³/mol. The summed E-state index contributed by atoms with van der Waals surface area (Å²) in [5.74, 6) is -0.175. The van der Waals surface area contributed by atoms with Crippen LogP contribution in [0.15, 0.2) is 18.2 Å². The zero-order valence-corrected chi connectivity index (χ0v) is 12.3. The van der Waals surface area contributed by atoms with Crippen LogP contribution in [0.4, 0.5) is 0 Å². The van der Waals surface area contributed by atoms with Crippen LogP contribution in [0.25, 0.3) is 0 Å². The number of nitrogens with two attached hydrogens (primary N) is 1. The zero-order valence-electron chi connectivity index (χ0n) is 9.94. The molecule has 0 radical (unpaired) electrons. The normalized spacial score (nSPS) is 19.3. The zero-order chi connectivity index (χ0) is 14.0. The highest BCUT2D eigenvalue weighted by atomic mass is 35.5. The van der Waals surface area contributed by atoms with Crippen LogP contribution in [0.1, 0.15) is 10.4 Å². The average Bonchev–Trinajstić information content (AvgIpc) is 2.38. The van der Waals surface area contributed by atoms with Crippen LogP contribution in [0.2, 0.25) is 10.0 Å². The molecule has 1 aromatic carbocycles. The average molecular weight is 319 g/mol. The number of ether oxygens (including phenoxy) is 1. The third-order valence-electron chi connectivity index (χ3n) is 2.83. The van der Waals surface area contributed by atoms with E-state index in [0.717, 1.165) is 0 Å². The fourth-order valence-corrected chi connectivity index (χ4v) is 2.47. The monoisotopic (exact) mass is 318 g/mol. The van der Waals surface area contributed by atoms with Gasteiger partial charge in [-0.25, -0.2) is 0 Å². The van der Waals surface area contributed by atoms with Gasteiger partial charge in [0.2, 0.25) is 0 Å². The van der Waals surface area contributed by atoms with E-state index in [1.165, 1.54) is 0 Å². The van der Waals surface area contributed by atoms with Gasteiger partial charge < -0.3 is 15.4 Å². The van der Waals surface area contributed by atoms with Crippen molar-refractivity contribution in [1.82, 2.24) is 4.90 Å². The quantitative estimate of drug-likeness (QED) is 0.849. The lowest BCUT2D eigenvalue weighted by Gasteiger charge is -2.32. The molecule has 1 unspecified atom stereocenters. The first-order valence-electron chi connectivity index (χ1n) is 5.64. The molecule has 2 N–H and O–H groups in total. The maximum Gasteiger partial charge on any atom is 0.255 e. The first-order valence-corrected chi connectivity index (χ1v) is 6.80. The number of halogens is 2. The molecule has 1 atom stereocenters. The minimum Gasteiger partial charge on any atom is -0.391 e. The standard InChI is InChI=1S/C12H12Cl2N2O2S/c13-7-1-2-8(9(14)5-7)12(17)16-3-4-18-10(6-16)11(15)19/h1-2,5,10H,3-4,6H2,(H2,15,19). The van der Waals surface area contributed by atoms with Gasteiger partial charge in [-0.05, 0) is 18.2 Å². The van der Waals surface area contributed by atoms with Crippen molar-refractivity contribution in [3.63, 3.8) is 0 Å². The number of rotatable bonds is 2. The van der Waals surface area contributed by atoms with Crippen molar-refractivity contribution < 1.29 is 9.53 Å². The van der Waals surface area contributed by atoms with Crippen molar-refractivity contribution in [1.29, 1.82) is 0 Å². The Labute approximate surface area is 126 Å². The summed E-state index contributed by atoms with van der Waals surface area (Å²) in [7, 11) is 0. The second-order valence-corrected chi connectivity index (χ2v) is 5.45. The van der Waals surface area contributed by atoms with Crippen molar-refractivity contribution in [2.24, 2.45) is 5.73 Å². The van der Waals surface area contributed by atoms with Crippen LogP contribution in [-0.4, -0.2) is 41.6 Å². The second-order valence-electron chi connectivity index (χ2n) is 4.14. The van der Waals surface area contributed by atoms with Crippen LogP contribution in [0.3, 0.4) is 0 Å². The SMILES string of the molecule is NC(=S)C1CN(C(=O)c2ccc(Cl)cc2Cl)CCO1. The van der Waals surface area contributed by atoms with Crippen molar-refractivity contribution in [2.75, 3.05) is 19.7 Å². The fraction of sp³-hybridized carbons (Fsp3) is 0.333. The molecule has 19 heavy (non-hydrogen) atoms. The summed E-state index contributed by atoms with van der Waals surface area (Å²) in [4.78, 5) is 14.2. The third-order valence-corrected chi connectivity index (χ3v) is 3.64. The molecule has 1 saturated heterocycles. The minimum atomic E-state index is -0.404. The number of morpholine rings is 1. The number of hydrogen-bond donors (Lipinski definition) is 1. The first-order chi connectivity index (χ1) is 8.99. The maximum absolute atomic E-state index is 12.4. The fourth-order valence-electron chi connectivity index (χ4n) is 1.84. The van der Waals surface area contributed by atoms with Crippen LogP contribution in [-0.2, 0) is 4.74 Å². The Morgan fingerprint density at radius 2 is 2.21 bits per heavy atom. The molecule has 2 rings (SSSR count). The summed E-state index contributed by atoms with van der Waals surface area (Å²) < 4.78 is 5.39. The lowest BCUT2D eigenvalue weighted by Crippen LogP contribution is -2.49. The van der Waals surface area contributed by atoms with Gasteiger partial charge in [-0.2, -0.15) is 0 Å². The number of amides is 1. The highest BCUT2D eigenvalue weighted by molar-refractivity contribution is 7.80. The summed E-state index contributed by atoms with van der Waals surface area (Å²) in [5.41, 5.74) is 5.95. The lowest BCUT2D eigenvalue weighted by molar-refractivity contribution is 0.00879. The summed E-state index contributed by atoms with van der Waals surface area (Å²) in [6, 6.07) is 4.78. The molecule has 0 spiro atoms. The number of carbonyl (C=O) groups excluding carboxylic acids is 1. The Kier molecular flexibility index (Phi) is 4.62. The molecule has 7 heteroatoms. The van der Waals surface area contributed by atoms with Gasteiger partial charge in [0, 0.05) is 11.6 Å². The molecule has 1 heterocycles. The van der Waals surface area contributed by atoms with Gasteiger partial charge >= 0.3 is 0 Å². The molecule has 0 saturated carbocycles. The van der Waals surface area contributed by atoms with Crippen molar-refractivity contribution in [2.45, 2.75) is 6.10 Å². The number of thiocarbonyl (C=S) groups is 1. The molecular weight excluding hydrogens is 307 g/mol. The van der Waals surface area contributed by atoms with Crippen molar-refractivity contribution in [3.8, 4) is 0 Å². The molecule has 1 aromatic rings. The van der Waals surface area contributed by atoms with E-state index in [-0.39, 0.29) is 10.9 Å². The Balaban J connectivity index is 2.17. The van der Waals surface area contributed by atoms with E-state index < -0.39 is 6.10 Å².